The minimum atomic E-state index is 0.112. The van der Waals surface area contributed by atoms with Crippen molar-refractivity contribution in [3.8, 4) is 0 Å². The summed E-state index contributed by atoms with van der Waals surface area (Å²) in [6.45, 7) is 2.85. The fraction of sp³-hybridized carbons (Fsp3) is 0.875. The Morgan fingerprint density at radius 1 is 1.38 bits per heavy atom. The van der Waals surface area contributed by atoms with Gasteiger partial charge in [0.05, 0.1) is 0 Å². The van der Waals surface area contributed by atoms with E-state index in [0.29, 0.717) is 6.42 Å². The fourth-order valence-electron chi connectivity index (χ4n) is 0.598. The third kappa shape index (κ3) is 10.0. The van der Waals surface area contributed by atoms with Gasteiger partial charge in [-0.2, -0.15) is 0 Å². The van der Waals surface area contributed by atoms with Gasteiger partial charge < -0.3 is 10.4 Å². The summed E-state index contributed by atoms with van der Waals surface area (Å²) in [6.07, 6.45) is 1.40. The standard InChI is InChI=1S/C8H17NO2S2/c1-2-8(11)9-4-7-13-12-6-3-5-10/h10H,2-7H2,1H3,(H,9,11). The molecule has 5 heteroatoms. The van der Waals surface area contributed by atoms with Crippen LogP contribution >= 0.6 is 21.6 Å². The topological polar surface area (TPSA) is 49.3 Å². The number of hydrogen-bond acceptors (Lipinski definition) is 4. The first-order valence-corrected chi connectivity index (χ1v) is 6.92. The van der Waals surface area contributed by atoms with E-state index in [1.54, 1.807) is 21.6 Å². The lowest BCUT2D eigenvalue weighted by molar-refractivity contribution is -0.120. The van der Waals surface area contributed by atoms with Gasteiger partial charge in [0, 0.05) is 31.1 Å². The largest absolute Gasteiger partial charge is 0.396 e. The van der Waals surface area contributed by atoms with E-state index < -0.39 is 0 Å². The second-order valence-corrected chi connectivity index (χ2v) is 5.13. The van der Waals surface area contributed by atoms with Gasteiger partial charge in [-0.1, -0.05) is 28.5 Å². The van der Waals surface area contributed by atoms with Crippen LogP contribution in [-0.4, -0.2) is 35.7 Å². The van der Waals surface area contributed by atoms with Crippen molar-refractivity contribution in [3.63, 3.8) is 0 Å². The molecule has 0 aromatic carbocycles. The molecule has 0 aliphatic rings. The maximum Gasteiger partial charge on any atom is 0.219 e. The van der Waals surface area contributed by atoms with Crippen LogP contribution in [0.2, 0.25) is 0 Å². The molecule has 0 atom stereocenters. The number of amides is 1. The second-order valence-electron chi connectivity index (χ2n) is 2.42. The van der Waals surface area contributed by atoms with Crippen molar-refractivity contribution in [2.24, 2.45) is 0 Å². The predicted molar refractivity (Wildman–Crippen MR) is 59.9 cm³/mol. The van der Waals surface area contributed by atoms with E-state index in [1.807, 2.05) is 6.92 Å². The highest BCUT2D eigenvalue weighted by Gasteiger charge is 1.95. The van der Waals surface area contributed by atoms with E-state index in [0.717, 1.165) is 24.5 Å². The lowest BCUT2D eigenvalue weighted by Gasteiger charge is -2.02. The SMILES string of the molecule is CCC(=O)NCCSSCCCO. The van der Waals surface area contributed by atoms with Crippen LogP contribution in [0.3, 0.4) is 0 Å². The second kappa shape index (κ2) is 10.2. The molecule has 3 nitrogen and oxygen atoms in total. The molecule has 0 saturated carbocycles. The van der Waals surface area contributed by atoms with Gasteiger partial charge in [-0.3, -0.25) is 4.79 Å². The van der Waals surface area contributed by atoms with E-state index in [1.165, 1.54) is 0 Å². The van der Waals surface area contributed by atoms with Gasteiger partial charge in [0.2, 0.25) is 5.91 Å². The zero-order valence-electron chi connectivity index (χ0n) is 7.91. The van der Waals surface area contributed by atoms with Crippen molar-refractivity contribution in [2.75, 3.05) is 24.7 Å². The van der Waals surface area contributed by atoms with E-state index >= 15 is 0 Å². The molecule has 2 N–H and O–H groups in total. The Morgan fingerprint density at radius 3 is 2.69 bits per heavy atom. The summed E-state index contributed by atoms with van der Waals surface area (Å²) in [5.41, 5.74) is 0. The number of aliphatic hydroxyl groups is 1. The highest BCUT2D eigenvalue weighted by atomic mass is 33.1. The van der Waals surface area contributed by atoms with Crippen molar-refractivity contribution in [3.05, 3.63) is 0 Å². The van der Waals surface area contributed by atoms with Crippen LogP contribution in [0.25, 0.3) is 0 Å². The monoisotopic (exact) mass is 223 g/mol. The van der Waals surface area contributed by atoms with Gasteiger partial charge in [-0.15, -0.1) is 0 Å². The lowest BCUT2D eigenvalue weighted by atomic mass is 10.4. The van der Waals surface area contributed by atoms with Gasteiger partial charge in [0.25, 0.3) is 0 Å². The molecule has 0 unspecified atom stereocenters. The number of rotatable bonds is 8. The minimum Gasteiger partial charge on any atom is -0.396 e. The first-order chi connectivity index (χ1) is 6.31. The Bertz CT molecular complexity index is 133. The third-order valence-electron chi connectivity index (χ3n) is 1.30. The van der Waals surface area contributed by atoms with Crippen molar-refractivity contribution in [2.45, 2.75) is 19.8 Å². The van der Waals surface area contributed by atoms with E-state index in [4.69, 9.17) is 5.11 Å². The third-order valence-corrected chi connectivity index (χ3v) is 3.79. The average Bonchev–Trinajstić information content (AvgIpc) is 2.16. The molecule has 0 fully saturated rings. The molecule has 0 aliphatic heterocycles. The normalized spacial score (nSPS) is 10.0. The summed E-state index contributed by atoms with van der Waals surface area (Å²) in [5, 5.41) is 11.3. The summed E-state index contributed by atoms with van der Waals surface area (Å²) in [6, 6.07) is 0. The molecule has 13 heavy (non-hydrogen) atoms. The van der Waals surface area contributed by atoms with Crippen LogP contribution in [0.5, 0.6) is 0 Å². The van der Waals surface area contributed by atoms with Gasteiger partial charge in [-0.05, 0) is 6.42 Å². The number of carbonyl (C=O) groups excluding carboxylic acids is 1. The van der Waals surface area contributed by atoms with Gasteiger partial charge in [-0.25, -0.2) is 0 Å². The van der Waals surface area contributed by atoms with Crippen LogP contribution < -0.4 is 5.32 Å². The van der Waals surface area contributed by atoms with Gasteiger partial charge >= 0.3 is 0 Å². The van der Waals surface area contributed by atoms with Crippen molar-refractivity contribution in [1.82, 2.24) is 5.32 Å². The molecule has 0 aromatic heterocycles. The van der Waals surface area contributed by atoms with Crippen molar-refractivity contribution < 1.29 is 9.90 Å². The Kier molecular flexibility index (Phi) is 10.3. The van der Waals surface area contributed by atoms with E-state index in [2.05, 4.69) is 5.32 Å². The first-order valence-electron chi connectivity index (χ1n) is 4.43. The Morgan fingerprint density at radius 2 is 2.08 bits per heavy atom. The van der Waals surface area contributed by atoms with E-state index in [9.17, 15) is 4.79 Å². The van der Waals surface area contributed by atoms with Crippen LogP contribution in [0, 0.1) is 0 Å². The Hall–Kier alpha value is 0.130. The molecule has 0 radical (unpaired) electrons. The molecule has 0 rings (SSSR count). The maximum atomic E-state index is 10.8. The fourth-order valence-corrected chi connectivity index (χ4v) is 2.58. The average molecular weight is 223 g/mol. The van der Waals surface area contributed by atoms with E-state index in [-0.39, 0.29) is 12.5 Å². The number of aliphatic hydroxyl groups excluding tert-OH is 1. The molecule has 0 heterocycles. The van der Waals surface area contributed by atoms with Crippen molar-refractivity contribution in [1.29, 1.82) is 0 Å². The molecule has 0 aliphatic carbocycles. The van der Waals surface area contributed by atoms with Crippen LogP contribution in [0.4, 0.5) is 0 Å². The van der Waals surface area contributed by atoms with Crippen molar-refractivity contribution >= 4 is 27.5 Å². The summed E-state index contributed by atoms with van der Waals surface area (Å²) in [7, 11) is 3.48. The number of carbonyl (C=O) groups is 1. The van der Waals surface area contributed by atoms with Crippen LogP contribution in [-0.2, 0) is 4.79 Å². The van der Waals surface area contributed by atoms with Crippen LogP contribution in [0.15, 0.2) is 0 Å². The highest BCUT2D eigenvalue weighted by molar-refractivity contribution is 8.76. The molecule has 78 valence electrons. The summed E-state index contributed by atoms with van der Waals surface area (Å²) < 4.78 is 0. The Balaban J connectivity index is 2.95. The predicted octanol–water partition coefficient (Wildman–Crippen LogP) is 1.28. The molecule has 0 aromatic rings. The smallest absolute Gasteiger partial charge is 0.219 e. The maximum absolute atomic E-state index is 10.8. The summed E-state index contributed by atoms with van der Waals surface area (Å²) in [4.78, 5) is 10.8. The molecule has 0 saturated heterocycles. The molecular weight excluding hydrogens is 206 g/mol. The van der Waals surface area contributed by atoms with Crippen LogP contribution in [0.1, 0.15) is 19.8 Å². The zero-order chi connectivity index (χ0) is 9.94. The molecule has 1 amide bonds. The summed E-state index contributed by atoms with van der Waals surface area (Å²) >= 11 is 0. The van der Waals surface area contributed by atoms with Gasteiger partial charge in [0.15, 0.2) is 0 Å². The van der Waals surface area contributed by atoms with Gasteiger partial charge in [0.1, 0.15) is 0 Å². The zero-order valence-corrected chi connectivity index (χ0v) is 9.55. The molecular formula is C8H17NO2S2. The number of nitrogens with one attached hydrogen (secondary N) is 1. The molecule has 0 bridgehead atoms. The quantitative estimate of drug-likeness (QED) is 0.481. The number of hydrogen-bond donors (Lipinski definition) is 2. The minimum absolute atomic E-state index is 0.112. The Labute approximate surface area is 87.4 Å². The highest BCUT2D eigenvalue weighted by Crippen LogP contribution is 2.20. The summed E-state index contributed by atoms with van der Waals surface area (Å²) in [5.74, 6) is 2.02. The lowest BCUT2D eigenvalue weighted by Crippen LogP contribution is -2.24. The molecule has 0 spiro atoms. The first kappa shape index (κ1) is 13.1.